The van der Waals surface area contributed by atoms with Crippen LogP contribution in [-0.4, -0.2) is 28.0 Å². The summed E-state index contributed by atoms with van der Waals surface area (Å²) >= 11 is 0. The Morgan fingerprint density at radius 2 is 1.81 bits per heavy atom. The highest BCUT2D eigenvalue weighted by Gasteiger charge is 2.37. The first-order valence-corrected chi connectivity index (χ1v) is 8.71. The molecule has 16 heavy (non-hydrogen) atoms. The van der Waals surface area contributed by atoms with Gasteiger partial charge in [-0.3, -0.25) is 4.79 Å². The van der Waals surface area contributed by atoms with Crippen LogP contribution < -0.4 is 0 Å². The molecule has 0 bridgehead atoms. The number of ether oxygens (including phenoxy) is 1. The number of carbonyl (C=O) groups is 1. The third-order valence-corrected chi connectivity index (χ3v) is 7.78. The standard InChI is InChI=1S/C12H26O3Si/c1-10(8-11(13)14-5)9-15-16(6,7)12(2,3)4/h10H,8-9H2,1-7H3. The number of hydrogen-bond donors (Lipinski definition) is 0. The average Bonchev–Trinajstić information content (AvgIpc) is 2.13. The molecule has 0 aliphatic heterocycles. The Morgan fingerprint density at radius 3 is 2.19 bits per heavy atom. The van der Waals surface area contributed by atoms with Gasteiger partial charge in [-0.05, 0) is 24.1 Å². The molecule has 3 nitrogen and oxygen atoms in total. The summed E-state index contributed by atoms with van der Waals surface area (Å²) in [6.45, 7) is 13.7. The molecule has 4 heteroatoms. The van der Waals surface area contributed by atoms with Gasteiger partial charge in [0.25, 0.3) is 0 Å². The van der Waals surface area contributed by atoms with E-state index in [1.54, 1.807) is 0 Å². The second kappa shape index (κ2) is 5.82. The van der Waals surface area contributed by atoms with Crippen molar-refractivity contribution in [1.29, 1.82) is 0 Å². The summed E-state index contributed by atoms with van der Waals surface area (Å²) in [4.78, 5) is 11.1. The Bertz CT molecular complexity index is 231. The number of methoxy groups -OCH3 is 1. The fourth-order valence-corrected chi connectivity index (χ4v) is 2.13. The quantitative estimate of drug-likeness (QED) is 0.552. The van der Waals surface area contributed by atoms with Crippen molar-refractivity contribution in [2.45, 2.75) is 52.2 Å². The van der Waals surface area contributed by atoms with E-state index >= 15 is 0 Å². The molecule has 0 N–H and O–H groups in total. The van der Waals surface area contributed by atoms with Gasteiger partial charge in [0.2, 0.25) is 0 Å². The third-order valence-electron chi connectivity index (χ3n) is 3.28. The molecule has 0 spiro atoms. The molecule has 96 valence electrons. The van der Waals surface area contributed by atoms with Gasteiger partial charge in [0.15, 0.2) is 8.32 Å². The Hall–Kier alpha value is -0.353. The van der Waals surface area contributed by atoms with Crippen molar-refractivity contribution in [3.8, 4) is 0 Å². The molecular formula is C12H26O3Si. The second-order valence-corrected chi connectivity index (χ2v) is 10.8. The molecule has 1 unspecified atom stereocenters. The van der Waals surface area contributed by atoms with Crippen molar-refractivity contribution in [3.63, 3.8) is 0 Å². The second-order valence-electron chi connectivity index (χ2n) is 5.96. The van der Waals surface area contributed by atoms with E-state index in [9.17, 15) is 4.79 Å². The summed E-state index contributed by atoms with van der Waals surface area (Å²) in [6.07, 6.45) is 0.436. The van der Waals surface area contributed by atoms with E-state index in [4.69, 9.17) is 4.43 Å². The lowest BCUT2D eigenvalue weighted by Gasteiger charge is -2.36. The van der Waals surface area contributed by atoms with Crippen LogP contribution in [0.5, 0.6) is 0 Å². The Balaban J connectivity index is 4.10. The van der Waals surface area contributed by atoms with Crippen molar-refractivity contribution in [2.75, 3.05) is 13.7 Å². The van der Waals surface area contributed by atoms with Gasteiger partial charge in [0.05, 0.1) is 13.5 Å². The van der Waals surface area contributed by atoms with Gasteiger partial charge >= 0.3 is 5.97 Å². The van der Waals surface area contributed by atoms with Crippen LogP contribution in [0.2, 0.25) is 18.1 Å². The molecular weight excluding hydrogens is 220 g/mol. The summed E-state index contributed by atoms with van der Waals surface area (Å²) in [5.41, 5.74) is 0. The van der Waals surface area contributed by atoms with Gasteiger partial charge in [0.1, 0.15) is 0 Å². The van der Waals surface area contributed by atoms with Crippen LogP contribution in [0.4, 0.5) is 0 Å². The predicted octanol–water partition coefficient (Wildman–Crippen LogP) is 3.21. The lowest BCUT2D eigenvalue weighted by molar-refractivity contribution is -0.141. The van der Waals surface area contributed by atoms with E-state index < -0.39 is 8.32 Å². The van der Waals surface area contributed by atoms with Crippen molar-refractivity contribution >= 4 is 14.3 Å². The van der Waals surface area contributed by atoms with E-state index in [1.807, 2.05) is 6.92 Å². The topological polar surface area (TPSA) is 35.5 Å². The normalized spacial score (nSPS) is 14.7. The fraction of sp³-hybridized carbons (Fsp3) is 0.917. The Labute approximate surface area is 101 Å². The fourth-order valence-electron chi connectivity index (χ4n) is 0.994. The molecule has 0 aromatic heterocycles. The zero-order chi connectivity index (χ0) is 13.0. The van der Waals surface area contributed by atoms with Crippen molar-refractivity contribution < 1.29 is 14.0 Å². The highest BCUT2D eigenvalue weighted by atomic mass is 28.4. The maximum atomic E-state index is 11.1. The van der Waals surface area contributed by atoms with Crippen LogP contribution in [0.15, 0.2) is 0 Å². The molecule has 0 aliphatic carbocycles. The predicted molar refractivity (Wildman–Crippen MR) is 68.9 cm³/mol. The summed E-state index contributed by atoms with van der Waals surface area (Å²) in [7, 11) is -0.261. The van der Waals surface area contributed by atoms with E-state index in [0.29, 0.717) is 13.0 Å². The first-order chi connectivity index (χ1) is 7.10. The number of rotatable bonds is 5. The van der Waals surface area contributed by atoms with Crippen molar-refractivity contribution in [3.05, 3.63) is 0 Å². The molecule has 0 aromatic carbocycles. The number of esters is 1. The third kappa shape index (κ3) is 5.12. The van der Waals surface area contributed by atoms with Gasteiger partial charge in [0, 0.05) is 6.61 Å². The molecule has 0 saturated heterocycles. The maximum absolute atomic E-state index is 11.1. The largest absolute Gasteiger partial charge is 0.469 e. The molecule has 0 aliphatic rings. The smallest absolute Gasteiger partial charge is 0.305 e. The molecule has 0 saturated carbocycles. The van der Waals surface area contributed by atoms with Crippen LogP contribution in [0.3, 0.4) is 0 Å². The van der Waals surface area contributed by atoms with Crippen LogP contribution in [0, 0.1) is 5.92 Å². The van der Waals surface area contributed by atoms with Crippen LogP contribution in [0.25, 0.3) is 0 Å². The molecule has 0 fully saturated rings. The van der Waals surface area contributed by atoms with Gasteiger partial charge < -0.3 is 9.16 Å². The Morgan fingerprint density at radius 1 is 1.31 bits per heavy atom. The van der Waals surface area contributed by atoms with Crippen molar-refractivity contribution in [1.82, 2.24) is 0 Å². The summed E-state index contributed by atoms with van der Waals surface area (Å²) < 4.78 is 10.7. The monoisotopic (exact) mass is 246 g/mol. The van der Waals surface area contributed by atoms with Gasteiger partial charge in [-0.1, -0.05) is 27.7 Å². The highest BCUT2D eigenvalue weighted by molar-refractivity contribution is 6.74. The molecule has 0 rings (SSSR count). The first kappa shape index (κ1) is 15.6. The minimum atomic E-state index is -1.68. The van der Waals surface area contributed by atoms with Gasteiger partial charge in [-0.2, -0.15) is 0 Å². The number of carbonyl (C=O) groups excluding carboxylic acids is 1. The van der Waals surface area contributed by atoms with E-state index in [-0.39, 0.29) is 16.9 Å². The van der Waals surface area contributed by atoms with E-state index in [1.165, 1.54) is 7.11 Å². The van der Waals surface area contributed by atoms with Crippen LogP contribution in [-0.2, 0) is 14.0 Å². The molecule has 0 aromatic rings. The minimum absolute atomic E-state index is 0.161. The minimum Gasteiger partial charge on any atom is -0.469 e. The van der Waals surface area contributed by atoms with Crippen molar-refractivity contribution in [2.24, 2.45) is 5.92 Å². The van der Waals surface area contributed by atoms with Crippen LogP contribution in [0.1, 0.15) is 34.1 Å². The summed E-state index contributed by atoms with van der Waals surface area (Å²) in [6, 6.07) is 0. The highest BCUT2D eigenvalue weighted by Crippen LogP contribution is 2.36. The first-order valence-electron chi connectivity index (χ1n) is 5.81. The molecule has 0 radical (unpaired) electrons. The zero-order valence-corrected chi connectivity index (χ0v) is 12.7. The van der Waals surface area contributed by atoms with Crippen LogP contribution >= 0.6 is 0 Å². The lowest BCUT2D eigenvalue weighted by atomic mass is 10.1. The molecule has 0 heterocycles. The average molecular weight is 246 g/mol. The van der Waals surface area contributed by atoms with E-state index in [0.717, 1.165) is 0 Å². The van der Waals surface area contributed by atoms with Gasteiger partial charge in [-0.15, -0.1) is 0 Å². The summed E-state index contributed by atoms with van der Waals surface area (Å²) in [5, 5.41) is 0.220. The molecule has 0 amide bonds. The maximum Gasteiger partial charge on any atom is 0.305 e. The zero-order valence-electron chi connectivity index (χ0n) is 11.7. The number of hydrogen-bond acceptors (Lipinski definition) is 3. The molecule has 1 atom stereocenters. The van der Waals surface area contributed by atoms with E-state index in [2.05, 4.69) is 38.6 Å². The SMILES string of the molecule is COC(=O)CC(C)CO[Si](C)(C)C(C)(C)C. The van der Waals surface area contributed by atoms with Gasteiger partial charge in [-0.25, -0.2) is 0 Å². The summed E-state index contributed by atoms with van der Waals surface area (Å²) in [5.74, 6) is 0.0629. The Kier molecular flexibility index (Phi) is 5.69. The lowest BCUT2D eigenvalue weighted by Crippen LogP contribution is -2.41.